The summed E-state index contributed by atoms with van der Waals surface area (Å²) in [5.41, 5.74) is 4.83. The first kappa shape index (κ1) is 35.8. The van der Waals surface area contributed by atoms with Gasteiger partial charge in [-0.25, -0.2) is 0 Å². The van der Waals surface area contributed by atoms with E-state index in [0.717, 1.165) is 104 Å². The highest BCUT2D eigenvalue weighted by molar-refractivity contribution is 6.08. The van der Waals surface area contributed by atoms with E-state index < -0.39 is 0 Å². The molecule has 52 heavy (non-hydrogen) atoms. The lowest BCUT2D eigenvalue weighted by Gasteiger charge is -2.14. The SMILES string of the molecule is c1cc2c3cc4cccc(c4cc3c1)NCCCNCCNCCCNc1cccc3cc4c(cccc4cc13)NCCCNCCNCCCN2. The van der Waals surface area contributed by atoms with Gasteiger partial charge in [0.05, 0.1) is 0 Å². The van der Waals surface area contributed by atoms with Crippen molar-refractivity contribution in [1.29, 1.82) is 0 Å². The fraction of sp³-hybridized carbons (Fsp3) is 0.364. The third kappa shape index (κ3) is 9.43. The minimum absolute atomic E-state index is 0.941. The highest BCUT2D eigenvalue weighted by Crippen LogP contribution is 2.33. The Hall–Kier alpha value is -4.60. The summed E-state index contributed by atoms with van der Waals surface area (Å²) in [7, 11) is 0. The molecule has 4 aliphatic heterocycles. The molecule has 8 heteroatoms. The number of hydrogen-bond acceptors (Lipinski definition) is 8. The zero-order valence-corrected chi connectivity index (χ0v) is 30.6. The monoisotopic (exact) mass is 696 g/mol. The minimum atomic E-state index is 0.941. The van der Waals surface area contributed by atoms with Gasteiger partial charge in [-0.2, -0.15) is 0 Å². The summed E-state index contributed by atoms with van der Waals surface area (Å²) in [6, 6.07) is 35.7. The Kier molecular flexibility index (Phi) is 12.9. The minimum Gasteiger partial charge on any atom is -0.384 e. The quantitative estimate of drug-likeness (QED) is 0.0771. The van der Waals surface area contributed by atoms with Crippen LogP contribution in [0, 0.1) is 0 Å². The van der Waals surface area contributed by atoms with Crippen molar-refractivity contribution in [2.45, 2.75) is 25.7 Å². The summed E-state index contributed by atoms with van der Waals surface area (Å²) in [5, 5.41) is 39.5. The summed E-state index contributed by atoms with van der Waals surface area (Å²) < 4.78 is 0. The Morgan fingerprint density at radius 3 is 0.769 bits per heavy atom. The summed E-state index contributed by atoms with van der Waals surface area (Å²) >= 11 is 0. The average Bonchev–Trinajstić information content (AvgIpc) is 3.17. The summed E-state index contributed by atoms with van der Waals surface area (Å²) in [5.74, 6) is 0. The molecule has 0 amide bonds. The zero-order chi connectivity index (χ0) is 35.2. The van der Waals surface area contributed by atoms with Crippen molar-refractivity contribution in [2.24, 2.45) is 0 Å². The van der Waals surface area contributed by atoms with Crippen molar-refractivity contribution in [1.82, 2.24) is 21.3 Å². The molecule has 0 radical (unpaired) electrons. The van der Waals surface area contributed by atoms with Crippen molar-refractivity contribution >= 4 is 65.8 Å². The number of hydrogen-bond donors (Lipinski definition) is 8. The van der Waals surface area contributed by atoms with Gasteiger partial charge in [-0.1, -0.05) is 48.5 Å². The van der Waals surface area contributed by atoms with E-state index in [1.54, 1.807) is 0 Å². The fourth-order valence-electron chi connectivity index (χ4n) is 7.32. The Labute approximate surface area is 308 Å². The molecule has 0 aromatic heterocycles. The first-order valence-electron chi connectivity index (χ1n) is 19.5. The number of nitrogens with one attached hydrogen (secondary N) is 8. The van der Waals surface area contributed by atoms with Gasteiger partial charge in [0.2, 0.25) is 0 Å². The van der Waals surface area contributed by atoms with Crippen LogP contribution >= 0.6 is 0 Å². The molecule has 0 fully saturated rings. The Morgan fingerprint density at radius 2 is 0.519 bits per heavy atom. The van der Waals surface area contributed by atoms with Crippen molar-refractivity contribution in [3.8, 4) is 0 Å². The van der Waals surface area contributed by atoms with Crippen LogP contribution in [0.25, 0.3) is 43.1 Å². The van der Waals surface area contributed by atoms with Gasteiger partial charge in [0.1, 0.15) is 0 Å². The van der Waals surface area contributed by atoms with Crippen molar-refractivity contribution < 1.29 is 0 Å². The Balaban J connectivity index is 0.955. The summed E-state index contributed by atoms with van der Waals surface area (Å²) in [4.78, 5) is 0. The van der Waals surface area contributed by atoms with E-state index in [4.69, 9.17) is 0 Å². The highest BCUT2D eigenvalue weighted by Gasteiger charge is 2.08. The largest absolute Gasteiger partial charge is 0.384 e. The zero-order valence-electron chi connectivity index (χ0n) is 30.6. The van der Waals surface area contributed by atoms with E-state index in [2.05, 4.69) is 140 Å². The van der Waals surface area contributed by atoms with Gasteiger partial charge in [-0.3, -0.25) is 0 Å². The van der Waals surface area contributed by atoms with Crippen LogP contribution in [0.5, 0.6) is 0 Å². The van der Waals surface area contributed by atoms with Crippen LogP contribution < -0.4 is 42.5 Å². The van der Waals surface area contributed by atoms with Crippen LogP contribution in [-0.4, -0.2) is 78.5 Å². The first-order chi connectivity index (χ1) is 25.8. The molecule has 8 N–H and O–H groups in total. The molecule has 10 rings (SSSR count). The van der Waals surface area contributed by atoms with Crippen LogP contribution in [0.1, 0.15) is 25.7 Å². The van der Waals surface area contributed by atoms with Gasteiger partial charge < -0.3 is 42.5 Å². The highest BCUT2D eigenvalue weighted by atomic mass is 15.0. The topological polar surface area (TPSA) is 96.2 Å². The average molecular weight is 697 g/mol. The molecule has 4 heterocycles. The van der Waals surface area contributed by atoms with E-state index >= 15 is 0 Å². The Morgan fingerprint density at radius 1 is 0.269 bits per heavy atom. The summed E-state index contributed by atoms with van der Waals surface area (Å²) in [6.45, 7) is 11.7. The molecule has 12 bridgehead atoms. The van der Waals surface area contributed by atoms with Crippen molar-refractivity contribution in [2.75, 3.05) is 99.8 Å². The van der Waals surface area contributed by atoms with Crippen molar-refractivity contribution in [3.05, 3.63) is 97.1 Å². The number of anilines is 4. The third-order valence-corrected chi connectivity index (χ3v) is 10.1. The smallest absolute Gasteiger partial charge is 0.0420 e. The molecule has 6 aromatic rings. The van der Waals surface area contributed by atoms with Gasteiger partial charge in [0, 0.05) is 96.7 Å². The molecule has 0 saturated heterocycles. The van der Waals surface area contributed by atoms with E-state index in [9.17, 15) is 0 Å². The third-order valence-electron chi connectivity index (χ3n) is 10.1. The maximum Gasteiger partial charge on any atom is 0.0420 e. The van der Waals surface area contributed by atoms with Crippen LogP contribution in [0.3, 0.4) is 0 Å². The van der Waals surface area contributed by atoms with E-state index in [1.807, 2.05) is 0 Å². The molecular weight excluding hydrogens is 641 g/mol. The lowest BCUT2D eigenvalue weighted by Crippen LogP contribution is -2.29. The van der Waals surface area contributed by atoms with E-state index in [0.29, 0.717) is 0 Å². The van der Waals surface area contributed by atoms with Crippen LogP contribution in [0.2, 0.25) is 0 Å². The molecule has 272 valence electrons. The van der Waals surface area contributed by atoms with Gasteiger partial charge >= 0.3 is 0 Å². The second kappa shape index (κ2) is 18.8. The van der Waals surface area contributed by atoms with Gasteiger partial charge in [0.25, 0.3) is 0 Å². The van der Waals surface area contributed by atoms with Crippen molar-refractivity contribution in [3.63, 3.8) is 0 Å². The number of benzene rings is 6. The standard InChI is InChI=1S/C44H56N8/c1-9-33-29-38-34-10-2-14-42(38)50-22-6-18-46-27-28-48-20-8-24-52-44-16-4-12-36-31-39-35(32-40(36)44)11-3-15-43(39)51-23-7-19-47-26-25-45-17-5-21-49-41(13-1)37(33)30-34/h1-4,9-16,29-32,45-52H,5-8,17-28H2. The lowest BCUT2D eigenvalue weighted by atomic mass is 10.0. The molecule has 0 atom stereocenters. The molecule has 0 spiro atoms. The van der Waals surface area contributed by atoms with Gasteiger partial charge in [0.15, 0.2) is 0 Å². The molecule has 8 nitrogen and oxygen atoms in total. The Bertz CT molecular complexity index is 1750. The maximum atomic E-state index is 3.71. The van der Waals surface area contributed by atoms with E-state index in [-0.39, 0.29) is 0 Å². The maximum absolute atomic E-state index is 3.71. The molecule has 0 aliphatic carbocycles. The predicted octanol–water partition coefficient (Wildman–Crippen LogP) is 7.58. The van der Waals surface area contributed by atoms with Gasteiger partial charge in [-0.05, 0) is 122 Å². The van der Waals surface area contributed by atoms with Crippen LogP contribution in [0.15, 0.2) is 97.1 Å². The summed E-state index contributed by atoms with van der Waals surface area (Å²) in [6.07, 6.45) is 4.30. The fourth-order valence-corrected chi connectivity index (χ4v) is 7.32. The second-order valence-electron chi connectivity index (χ2n) is 13.9. The lowest BCUT2D eigenvalue weighted by molar-refractivity contribution is 0.595. The van der Waals surface area contributed by atoms with Crippen LogP contribution in [-0.2, 0) is 0 Å². The number of rotatable bonds is 0. The molecular formula is C44H56N8. The molecule has 0 unspecified atom stereocenters. The first-order valence-corrected chi connectivity index (χ1v) is 19.5. The van der Waals surface area contributed by atoms with E-state index in [1.165, 1.54) is 65.8 Å². The predicted molar refractivity (Wildman–Crippen MR) is 227 cm³/mol. The molecule has 6 aromatic carbocycles. The van der Waals surface area contributed by atoms with Crippen LogP contribution in [0.4, 0.5) is 22.7 Å². The molecule has 4 aliphatic rings. The normalized spacial score (nSPS) is 17.1. The van der Waals surface area contributed by atoms with Gasteiger partial charge in [-0.15, -0.1) is 0 Å². The second-order valence-corrected chi connectivity index (χ2v) is 13.9. The molecule has 0 saturated carbocycles.